The molecule has 0 unspecified atom stereocenters. The van der Waals surface area contributed by atoms with Gasteiger partial charge < -0.3 is 5.32 Å². The number of nitrogens with zero attached hydrogens (tertiary/aromatic N) is 1. The van der Waals surface area contributed by atoms with Gasteiger partial charge in [0.1, 0.15) is 0 Å². The number of nitrogens with one attached hydrogen (secondary N) is 1. The van der Waals surface area contributed by atoms with E-state index in [4.69, 9.17) is 16.9 Å². The summed E-state index contributed by atoms with van der Waals surface area (Å²) in [6.07, 6.45) is 0. The molecule has 19 heavy (non-hydrogen) atoms. The quantitative estimate of drug-likeness (QED) is 0.917. The van der Waals surface area contributed by atoms with Crippen molar-refractivity contribution in [1.82, 2.24) is 5.32 Å². The third kappa shape index (κ3) is 3.82. The Balaban J connectivity index is 1.91. The van der Waals surface area contributed by atoms with E-state index in [0.717, 1.165) is 29.2 Å². The van der Waals surface area contributed by atoms with Gasteiger partial charge in [0.05, 0.1) is 11.6 Å². The number of benzene rings is 2. The highest BCUT2D eigenvalue weighted by Crippen LogP contribution is 2.17. The van der Waals surface area contributed by atoms with E-state index in [0.29, 0.717) is 5.56 Å². The van der Waals surface area contributed by atoms with Crippen molar-refractivity contribution in [2.24, 2.45) is 0 Å². The minimum atomic E-state index is 0.685. The molecule has 0 heterocycles. The van der Waals surface area contributed by atoms with Crippen molar-refractivity contribution in [2.75, 3.05) is 0 Å². The van der Waals surface area contributed by atoms with Gasteiger partial charge in [0.15, 0.2) is 0 Å². The summed E-state index contributed by atoms with van der Waals surface area (Å²) in [6, 6.07) is 15.8. The molecule has 0 spiro atoms. The van der Waals surface area contributed by atoms with Crippen LogP contribution in [0.2, 0.25) is 5.02 Å². The van der Waals surface area contributed by atoms with E-state index in [1.54, 1.807) is 0 Å². The molecule has 0 aliphatic heterocycles. The van der Waals surface area contributed by atoms with Crippen molar-refractivity contribution >= 4 is 11.6 Å². The Labute approximate surface area is 118 Å². The molecule has 96 valence electrons. The first-order chi connectivity index (χ1) is 9.19. The minimum absolute atomic E-state index is 0.685. The van der Waals surface area contributed by atoms with Gasteiger partial charge in [-0.05, 0) is 41.8 Å². The summed E-state index contributed by atoms with van der Waals surface area (Å²) in [5.74, 6) is 0. The molecule has 2 aromatic rings. The third-order valence-corrected chi connectivity index (χ3v) is 3.29. The fourth-order valence-electron chi connectivity index (χ4n) is 1.83. The number of hydrogen-bond donors (Lipinski definition) is 1. The topological polar surface area (TPSA) is 35.8 Å². The maximum Gasteiger partial charge on any atom is 0.0991 e. The average molecular weight is 271 g/mol. The molecule has 0 aromatic heterocycles. The molecule has 0 saturated carbocycles. The van der Waals surface area contributed by atoms with Crippen LogP contribution in [0.1, 0.15) is 22.3 Å². The van der Waals surface area contributed by atoms with E-state index in [2.05, 4.69) is 17.5 Å². The van der Waals surface area contributed by atoms with Gasteiger partial charge in [0.25, 0.3) is 0 Å². The second kappa shape index (κ2) is 6.38. The maximum atomic E-state index is 8.73. The summed E-state index contributed by atoms with van der Waals surface area (Å²) in [5, 5.41) is 12.9. The molecule has 0 bridgehead atoms. The monoisotopic (exact) mass is 270 g/mol. The molecule has 1 N–H and O–H groups in total. The molecule has 2 nitrogen and oxygen atoms in total. The predicted molar refractivity (Wildman–Crippen MR) is 77.9 cm³/mol. The second-order valence-corrected chi connectivity index (χ2v) is 4.91. The Hall–Kier alpha value is -1.82. The lowest BCUT2D eigenvalue weighted by atomic mass is 10.1. The minimum Gasteiger partial charge on any atom is -0.309 e. The van der Waals surface area contributed by atoms with E-state index in [-0.39, 0.29) is 0 Å². The molecule has 0 saturated heterocycles. The number of hydrogen-bond acceptors (Lipinski definition) is 2. The van der Waals surface area contributed by atoms with Crippen molar-refractivity contribution in [3.8, 4) is 6.07 Å². The summed E-state index contributed by atoms with van der Waals surface area (Å²) >= 11 is 6.17. The molecule has 0 radical (unpaired) electrons. The van der Waals surface area contributed by atoms with Crippen LogP contribution in [0.3, 0.4) is 0 Å². The Morgan fingerprint density at radius 1 is 1.11 bits per heavy atom. The summed E-state index contributed by atoms with van der Waals surface area (Å²) < 4.78 is 0. The summed E-state index contributed by atoms with van der Waals surface area (Å²) in [7, 11) is 0. The Bertz CT molecular complexity index is 597. The standard InChI is InChI=1S/C16H15ClN2/c1-12-2-7-15(16(17)8-12)11-19-10-14-5-3-13(9-18)4-6-14/h2-8,19H,10-11H2,1H3. The van der Waals surface area contributed by atoms with Crippen LogP contribution in [0, 0.1) is 18.3 Å². The van der Waals surface area contributed by atoms with Gasteiger partial charge in [0.2, 0.25) is 0 Å². The lowest BCUT2D eigenvalue weighted by molar-refractivity contribution is 0.693. The lowest BCUT2D eigenvalue weighted by Crippen LogP contribution is -2.12. The number of halogens is 1. The summed E-state index contributed by atoms with van der Waals surface area (Å²) in [6.45, 7) is 3.52. The molecule has 0 amide bonds. The van der Waals surface area contributed by atoms with Crippen LogP contribution < -0.4 is 5.32 Å². The largest absolute Gasteiger partial charge is 0.309 e. The van der Waals surface area contributed by atoms with Crippen molar-refractivity contribution in [1.29, 1.82) is 5.26 Å². The third-order valence-electron chi connectivity index (χ3n) is 2.94. The molecule has 0 atom stereocenters. The molecular weight excluding hydrogens is 256 g/mol. The van der Waals surface area contributed by atoms with Crippen molar-refractivity contribution in [3.63, 3.8) is 0 Å². The number of aryl methyl sites for hydroxylation is 1. The van der Waals surface area contributed by atoms with E-state index in [1.165, 1.54) is 5.56 Å². The van der Waals surface area contributed by atoms with Crippen LogP contribution >= 0.6 is 11.6 Å². The Morgan fingerprint density at radius 2 is 1.84 bits per heavy atom. The van der Waals surface area contributed by atoms with Crippen molar-refractivity contribution in [3.05, 3.63) is 69.7 Å². The number of rotatable bonds is 4. The van der Waals surface area contributed by atoms with Gasteiger partial charge in [-0.1, -0.05) is 35.9 Å². The first-order valence-corrected chi connectivity index (χ1v) is 6.51. The summed E-state index contributed by atoms with van der Waals surface area (Å²) in [5.41, 5.74) is 4.11. The fourth-order valence-corrected chi connectivity index (χ4v) is 2.14. The van der Waals surface area contributed by atoms with Gasteiger partial charge in [-0.15, -0.1) is 0 Å². The van der Waals surface area contributed by atoms with Crippen molar-refractivity contribution < 1.29 is 0 Å². The van der Waals surface area contributed by atoms with E-state index >= 15 is 0 Å². The Morgan fingerprint density at radius 3 is 2.47 bits per heavy atom. The van der Waals surface area contributed by atoms with Gasteiger partial charge in [-0.2, -0.15) is 5.26 Å². The second-order valence-electron chi connectivity index (χ2n) is 4.51. The van der Waals surface area contributed by atoms with E-state index in [9.17, 15) is 0 Å². The molecule has 2 aromatic carbocycles. The predicted octanol–water partition coefficient (Wildman–Crippen LogP) is 3.81. The zero-order valence-electron chi connectivity index (χ0n) is 10.8. The summed E-state index contributed by atoms with van der Waals surface area (Å²) in [4.78, 5) is 0. The molecule has 3 heteroatoms. The molecule has 2 rings (SSSR count). The van der Waals surface area contributed by atoms with E-state index < -0.39 is 0 Å². The average Bonchev–Trinajstić information content (AvgIpc) is 2.42. The van der Waals surface area contributed by atoms with Gasteiger partial charge in [0, 0.05) is 18.1 Å². The zero-order chi connectivity index (χ0) is 13.7. The van der Waals surface area contributed by atoms with Crippen LogP contribution in [0.4, 0.5) is 0 Å². The fraction of sp³-hybridized carbons (Fsp3) is 0.188. The van der Waals surface area contributed by atoms with Gasteiger partial charge in [-0.25, -0.2) is 0 Å². The van der Waals surface area contributed by atoms with E-state index in [1.807, 2.05) is 43.3 Å². The normalized spacial score (nSPS) is 10.2. The van der Waals surface area contributed by atoms with Crippen LogP contribution in [-0.2, 0) is 13.1 Å². The maximum absolute atomic E-state index is 8.73. The molecular formula is C16H15ClN2. The van der Waals surface area contributed by atoms with Crippen molar-refractivity contribution in [2.45, 2.75) is 20.0 Å². The highest BCUT2D eigenvalue weighted by molar-refractivity contribution is 6.31. The molecule has 0 fully saturated rings. The van der Waals surface area contributed by atoms with Crippen LogP contribution in [0.15, 0.2) is 42.5 Å². The zero-order valence-corrected chi connectivity index (χ0v) is 11.5. The smallest absolute Gasteiger partial charge is 0.0991 e. The highest BCUT2D eigenvalue weighted by atomic mass is 35.5. The van der Waals surface area contributed by atoms with Crippen LogP contribution in [0.5, 0.6) is 0 Å². The van der Waals surface area contributed by atoms with Crippen LogP contribution in [0.25, 0.3) is 0 Å². The number of nitriles is 1. The lowest BCUT2D eigenvalue weighted by Gasteiger charge is -2.07. The van der Waals surface area contributed by atoms with Gasteiger partial charge in [-0.3, -0.25) is 0 Å². The first-order valence-electron chi connectivity index (χ1n) is 6.14. The Kier molecular flexibility index (Phi) is 4.57. The van der Waals surface area contributed by atoms with Gasteiger partial charge >= 0.3 is 0 Å². The highest BCUT2D eigenvalue weighted by Gasteiger charge is 2.00. The first kappa shape index (κ1) is 13.6. The molecule has 0 aliphatic rings. The SMILES string of the molecule is Cc1ccc(CNCc2ccc(C#N)cc2)c(Cl)c1. The van der Waals surface area contributed by atoms with Crippen LogP contribution in [-0.4, -0.2) is 0 Å². The molecule has 0 aliphatic carbocycles.